The Labute approximate surface area is 108 Å². The number of carbonyl (C=O) groups excluding carboxylic acids is 1. The van der Waals surface area contributed by atoms with Gasteiger partial charge in [0.15, 0.2) is 9.84 Å². The Hall–Kier alpha value is -0.660. The number of nitrogens with zero attached hydrogens (tertiary/aromatic N) is 1. The molecule has 0 amide bonds. The fraction of sp³-hybridized carbons (Fsp3) is 0.909. The molecule has 0 radical (unpaired) electrons. The van der Waals surface area contributed by atoms with Crippen molar-refractivity contribution in [3.8, 4) is 0 Å². The van der Waals surface area contributed by atoms with Crippen molar-refractivity contribution in [2.24, 2.45) is 5.73 Å². The van der Waals surface area contributed by atoms with Crippen LogP contribution >= 0.6 is 0 Å². The fourth-order valence-corrected chi connectivity index (χ4v) is 3.68. The predicted molar refractivity (Wildman–Crippen MR) is 68.9 cm³/mol. The van der Waals surface area contributed by atoms with E-state index in [0.29, 0.717) is 13.1 Å². The minimum Gasteiger partial charge on any atom is -0.465 e. The van der Waals surface area contributed by atoms with Crippen LogP contribution in [0.2, 0.25) is 0 Å². The van der Waals surface area contributed by atoms with E-state index in [0.717, 1.165) is 0 Å². The van der Waals surface area contributed by atoms with Crippen molar-refractivity contribution in [3.63, 3.8) is 0 Å². The Morgan fingerprint density at radius 3 is 2.67 bits per heavy atom. The second-order valence-corrected chi connectivity index (χ2v) is 7.30. The third-order valence-corrected chi connectivity index (χ3v) is 4.88. The molecule has 1 heterocycles. The summed E-state index contributed by atoms with van der Waals surface area (Å²) in [5.41, 5.74) is 4.84. The van der Waals surface area contributed by atoms with Crippen LogP contribution in [0, 0.1) is 0 Å². The third-order valence-electron chi connectivity index (χ3n) is 3.08. The molecule has 0 aliphatic carbocycles. The van der Waals surface area contributed by atoms with Gasteiger partial charge in [-0.1, -0.05) is 0 Å². The largest absolute Gasteiger partial charge is 0.465 e. The maximum absolute atomic E-state index is 11.7. The Morgan fingerprint density at radius 2 is 2.17 bits per heavy atom. The summed E-state index contributed by atoms with van der Waals surface area (Å²) in [6.45, 7) is 6.18. The molecule has 0 aromatic carbocycles. The molecule has 7 heteroatoms. The Kier molecular flexibility index (Phi) is 4.74. The van der Waals surface area contributed by atoms with E-state index < -0.39 is 21.3 Å². The molecular formula is C11H22N2O4S. The van der Waals surface area contributed by atoms with E-state index in [9.17, 15) is 13.2 Å². The van der Waals surface area contributed by atoms with E-state index in [4.69, 9.17) is 10.5 Å². The number of nitrogens with two attached hydrogens (primary N) is 1. The first-order chi connectivity index (χ1) is 8.18. The molecule has 0 aromatic rings. The SMILES string of the molecule is CCOC(=O)C(C)(N)CN1CCS(=O)(=O)CC1C. The van der Waals surface area contributed by atoms with Gasteiger partial charge in [0.25, 0.3) is 0 Å². The molecule has 1 aliphatic rings. The van der Waals surface area contributed by atoms with E-state index >= 15 is 0 Å². The molecular weight excluding hydrogens is 256 g/mol. The molecule has 106 valence electrons. The highest BCUT2D eigenvalue weighted by Crippen LogP contribution is 2.15. The van der Waals surface area contributed by atoms with Gasteiger partial charge in [0, 0.05) is 19.1 Å². The molecule has 6 nitrogen and oxygen atoms in total. The number of sulfone groups is 1. The lowest BCUT2D eigenvalue weighted by Crippen LogP contribution is -2.59. The molecule has 2 unspecified atom stereocenters. The highest BCUT2D eigenvalue weighted by Gasteiger charge is 2.36. The second-order valence-electron chi connectivity index (χ2n) is 5.07. The van der Waals surface area contributed by atoms with Crippen LogP contribution in [0.25, 0.3) is 0 Å². The number of carbonyl (C=O) groups is 1. The van der Waals surface area contributed by atoms with Crippen molar-refractivity contribution in [1.82, 2.24) is 4.90 Å². The van der Waals surface area contributed by atoms with Gasteiger partial charge in [-0.15, -0.1) is 0 Å². The van der Waals surface area contributed by atoms with Gasteiger partial charge in [0.2, 0.25) is 0 Å². The minimum absolute atomic E-state index is 0.117. The summed E-state index contributed by atoms with van der Waals surface area (Å²) in [6, 6.07) is -0.124. The topological polar surface area (TPSA) is 89.7 Å². The van der Waals surface area contributed by atoms with E-state index in [1.807, 2.05) is 11.8 Å². The molecule has 2 N–H and O–H groups in total. The first-order valence-electron chi connectivity index (χ1n) is 6.08. The number of esters is 1. The first kappa shape index (κ1) is 15.4. The number of hydrogen-bond acceptors (Lipinski definition) is 6. The Morgan fingerprint density at radius 1 is 1.56 bits per heavy atom. The number of ether oxygens (including phenoxy) is 1. The van der Waals surface area contributed by atoms with Crippen molar-refractivity contribution in [1.29, 1.82) is 0 Å². The lowest BCUT2D eigenvalue weighted by Gasteiger charge is -2.37. The quantitative estimate of drug-likeness (QED) is 0.690. The summed E-state index contributed by atoms with van der Waals surface area (Å²) in [5.74, 6) is -0.215. The van der Waals surface area contributed by atoms with Gasteiger partial charge in [0.05, 0.1) is 18.1 Å². The van der Waals surface area contributed by atoms with Crippen LogP contribution in [0.15, 0.2) is 0 Å². The van der Waals surface area contributed by atoms with E-state index in [2.05, 4.69) is 0 Å². The van der Waals surface area contributed by atoms with Crippen LogP contribution in [0.3, 0.4) is 0 Å². The smallest absolute Gasteiger partial charge is 0.327 e. The van der Waals surface area contributed by atoms with E-state index in [1.54, 1.807) is 13.8 Å². The predicted octanol–water partition coefficient (Wildman–Crippen LogP) is -0.614. The lowest BCUT2D eigenvalue weighted by atomic mass is 10.0. The van der Waals surface area contributed by atoms with Crippen molar-refractivity contribution in [3.05, 3.63) is 0 Å². The third kappa shape index (κ3) is 3.93. The Balaban J connectivity index is 2.65. The molecule has 1 saturated heterocycles. The van der Waals surface area contributed by atoms with Crippen molar-refractivity contribution < 1.29 is 17.9 Å². The number of rotatable bonds is 4. The normalized spacial score (nSPS) is 27.4. The van der Waals surface area contributed by atoms with Gasteiger partial charge in [0.1, 0.15) is 5.54 Å². The molecule has 1 rings (SSSR count). The second kappa shape index (κ2) is 5.54. The van der Waals surface area contributed by atoms with Crippen LogP contribution in [0.5, 0.6) is 0 Å². The zero-order chi connectivity index (χ0) is 14.0. The zero-order valence-corrected chi connectivity index (χ0v) is 12.0. The summed E-state index contributed by atoms with van der Waals surface area (Å²) in [4.78, 5) is 13.6. The average molecular weight is 278 g/mol. The highest BCUT2D eigenvalue weighted by molar-refractivity contribution is 7.91. The van der Waals surface area contributed by atoms with Gasteiger partial charge in [-0.05, 0) is 20.8 Å². The van der Waals surface area contributed by atoms with Crippen LogP contribution in [-0.2, 0) is 19.4 Å². The standard InChI is InChI=1S/C11H22N2O4S/c1-4-17-10(14)11(3,12)8-13-5-6-18(15,16)7-9(13)2/h9H,4-8,12H2,1-3H3. The first-order valence-corrected chi connectivity index (χ1v) is 7.90. The van der Waals surface area contributed by atoms with Crippen molar-refractivity contribution in [2.45, 2.75) is 32.4 Å². The molecule has 1 fully saturated rings. The Bertz CT molecular complexity index is 405. The molecule has 2 atom stereocenters. The van der Waals surface area contributed by atoms with E-state index in [1.165, 1.54) is 0 Å². The van der Waals surface area contributed by atoms with Gasteiger partial charge < -0.3 is 10.5 Å². The summed E-state index contributed by atoms with van der Waals surface area (Å²) in [5, 5.41) is 0. The summed E-state index contributed by atoms with van der Waals surface area (Å²) in [6.07, 6.45) is 0. The van der Waals surface area contributed by atoms with Gasteiger partial charge in [-0.3, -0.25) is 9.69 Å². The average Bonchev–Trinajstić information content (AvgIpc) is 2.22. The van der Waals surface area contributed by atoms with Crippen LogP contribution in [0.1, 0.15) is 20.8 Å². The lowest BCUT2D eigenvalue weighted by molar-refractivity contribution is -0.149. The molecule has 0 aromatic heterocycles. The molecule has 0 bridgehead atoms. The molecule has 0 saturated carbocycles. The monoisotopic (exact) mass is 278 g/mol. The maximum Gasteiger partial charge on any atom is 0.327 e. The fourth-order valence-electron chi connectivity index (χ4n) is 2.05. The van der Waals surface area contributed by atoms with Gasteiger partial charge >= 0.3 is 5.97 Å². The summed E-state index contributed by atoms with van der Waals surface area (Å²) in [7, 11) is -2.95. The molecule has 18 heavy (non-hydrogen) atoms. The van der Waals surface area contributed by atoms with Crippen molar-refractivity contribution >= 4 is 15.8 Å². The summed E-state index contributed by atoms with van der Waals surface area (Å²) < 4.78 is 27.8. The van der Waals surface area contributed by atoms with Crippen LogP contribution < -0.4 is 5.73 Å². The maximum atomic E-state index is 11.7. The van der Waals surface area contributed by atoms with Gasteiger partial charge in [-0.25, -0.2) is 8.42 Å². The van der Waals surface area contributed by atoms with Gasteiger partial charge in [-0.2, -0.15) is 0 Å². The van der Waals surface area contributed by atoms with Crippen LogP contribution in [0.4, 0.5) is 0 Å². The molecule has 0 spiro atoms. The van der Waals surface area contributed by atoms with Crippen molar-refractivity contribution in [2.75, 3.05) is 31.2 Å². The number of hydrogen-bond donors (Lipinski definition) is 1. The van der Waals surface area contributed by atoms with Crippen LogP contribution in [-0.4, -0.2) is 62.1 Å². The van der Waals surface area contributed by atoms with E-state index in [-0.39, 0.29) is 24.2 Å². The zero-order valence-electron chi connectivity index (χ0n) is 11.2. The highest BCUT2D eigenvalue weighted by atomic mass is 32.2. The molecule has 1 aliphatic heterocycles. The minimum atomic E-state index is -2.95. The summed E-state index contributed by atoms with van der Waals surface area (Å²) >= 11 is 0.